The molecule has 3 N–H and O–H groups in total. The minimum atomic E-state index is -4.34. The third-order valence-electron chi connectivity index (χ3n) is 2.08. The van der Waals surface area contributed by atoms with Crippen molar-refractivity contribution in [2.45, 2.75) is 18.7 Å². The molecule has 0 radical (unpaired) electrons. The molecule has 0 aromatic heterocycles. The van der Waals surface area contributed by atoms with Crippen LogP contribution in [0.3, 0.4) is 0 Å². The van der Waals surface area contributed by atoms with Crippen molar-refractivity contribution in [1.82, 2.24) is 0 Å². The van der Waals surface area contributed by atoms with Crippen molar-refractivity contribution in [3.63, 3.8) is 0 Å². The molecule has 7 heteroatoms. The summed E-state index contributed by atoms with van der Waals surface area (Å²) in [6.07, 6.45) is 0. The summed E-state index contributed by atoms with van der Waals surface area (Å²) in [5.41, 5.74) is 6.90. The van der Waals surface area contributed by atoms with Crippen LogP contribution in [0, 0.1) is 13.8 Å². The first-order chi connectivity index (χ1) is 7.75. The van der Waals surface area contributed by atoms with Crippen molar-refractivity contribution in [2.24, 2.45) is 10.7 Å². The van der Waals surface area contributed by atoms with Crippen LogP contribution in [0.4, 0.5) is 5.69 Å². The Kier molecular flexibility index (Phi) is 4.13. The van der Waals surface area contributed by atoms with Crippen molar-refractivity contribution in [2.75, 3.05) is 5.88 Å². The van der Waals surface area contributed by atoms with E-state index in [1.807, 2.05) is 0 Å². The fourth-order valence-corrected chi connectivity index (χ4v) is 2.28. The predicted octanol–water partition coefficient (Wildman–Crippen LogP) is 1.78. The Morgan fingerprint density at radius 3 is 2.53 bits per heavy atom. The van der Waals surface area contributed by atoms with Gasteiger partial charge < -0.3 is 5.73 Å². The summed E-state index contributed by atoms with van der Waals surface area (Å²) < 4.78 is 31.6. The molecule has 94 valence electrons. The molecule has 0 aliphatic rings. The number of alkyl halides is 1. The molecule has 17 heavy (non-hydrogen) atoms. The van der Waals surface area contributed by atoms with E-state index in [2.05, 4.69) is 4.99 Å². The maximum atomic E-state index is 11.2. The van der Waals surface area contributed by atoms with Gasteiger partial charge in [-0.15, -0.1) is 11.6 Å². The smallest absolute Gasteiger partial charge is 0.296 e. The minimum absolute atomic E-state index is 0.0156. The van der Waals surface area contributed by atoms with Crippen molar-refractivity contribution < 1.29 is 13.0 Å². The Hall–Kier alpha value is -1.11. The highest BCUT2D eigenvalue weighted by Crippen LogP contribution is 2.29. The third kappa shape index (κ3) is 3.42. The Morgan fingerprint density at radius 2 is 2.06 bits per heavy atom. The lowest BCUT2D eigenvalue weighted by atomic mass is 10.1. The van der Waals surface area contributed by atoms with E-state index in [-0.39, 0.29) is 22.3 Å². The first-order valence-corrected chi connectivity index (χ1v) is 6.71. The zero-order valence-electron chi connectivity index (χ0n) is 9.44. The van der Waals surface area contributed by atoms with Crippen LogP contribution in [-0.4, -0.2) is 24.7 Å². The number of aliphatic imine (C=N–C) groups is 1. The van der Waals surface area contributed by atoms with Gasteiger partial charge in [-0.05, 0) is 31.0 Å². The molecule has 1 rings (SSSR count). The average Bonchev–Trinajstić information content (AvgIpc) is 2.19. The van der Waals surface area contributed by atoms with Gasteiger partial charge in [-0.3, -0.25) is 4.55 Å². The summed E-state index contributed by atoms with van der Waals surface area (Å²) >= 11 is 5.48. The SMILES string of the molecule is Cc1cc(C)c(N=C(N)CCl)c(S(=O)(=O)O)c1. The summed E-state index contributed by atoms with van der Waals surface area (Å²) in [5, 5.41) is 0. The fourth-order valence-electron chi connectivity index (χ4n) is 1.43. The van der Waals surface area contributed by atoms with Gasteiger partial charge in [0.25, 0.3) is 10.1 Å². The highest BCUT2D eigenvalue weighted by Gasteiger charge is 2.18. The van der Waals surface area contributed by atoms with Crippen molar-refractivity contribution in [3.05, 3.63) is 23.3 Å². The number of nitrogens with two attached hydrogens (primary N) is 1. The van der Waals surface area contributed by atoms with E-state index in [4.69, 9.17) is 21.9 Å². The molecule has 0 atom stereocenters. The number of amidine groups is 1. The van der Waals surface area contributed by atoms with Crippen LogP contribution < -0.4 is 5.73 Å². The number of hydrogen-bond donors (Lipinski definition) is 2. The second kappa shape index (κ2) is 5.03. The topological polar surface area (TPSA) is 92.8 Å². The predicted molar refractivity (Wildman–Crippen MR) is 67.7 cm³/mol. The van der Waals surface area contributed by atoms with E-state index in [1.54, 1.807) is 19.9 Å². The van der Waals surface area contributed by atoms with Gasteiger partial charge in [0.1, 0.15) is 10.7 Å². The Morgan fingerprint density at radius 1 is 1.47 bits per heavy atom. The van der Waals surface area contributed by atoms with E-state index in [0.717, 1.165) is 0 Å². The minimum Gasteiger partial charge on any atom is -0.386 e. The molecule has 0 heterocycles. The zero-order valence-corrected chi connectivity index (χ0v) is 11.0. The summed E-state index contributed by atoms with van der Waals surface area (Å²) in [4.78, 5) is 3.65. The molecule has 0 bridgehead atoms. The van der Waals surface area contributed by atoms with E-state index < -0.39 is 10.1 Å². The summed E-state index contributed by atoms with van der Waals surface area (Å²) in [7, 11) is -4.34. The van der Waals surface area contributed by atoms with Crippen LogP contribution in [0.25, 0.3) is 0 Å². The van der Waals surface area contributed by atoms with E-state index in [9.17, 15) is 8.42 Å². The van der Waals surface area contributed by atoms with Crippen LogP contribution in [-0.2, 0) is 10.1 Å². The third-order valence-corrected chi connectivity index (χ3v) is 3.22. The van der Waals surface area contributed by atoms with Crippen LogP contribution in [0.5, 0.6) is 0 Å². The molecule has 0 spiro atoms. The van der Waals surface area contributed by atoms with Crippen molar-refractivity contribution in [1.29, 1.82) is 0 Å². The fraction of sp³-hybridized carbons (Fsp3) is 0.300. The summed E-state index contributed by atoms with van der Waals surface area (Å²) in [6.45, 7) is 3.40. The number of rotatable bonds is 3. The molecule has 0 fully saturated rings. The molecule has 1 aromatic rings. The first kappa shape index (κ1) is 14.0. The quantitative estimate of drug-likeness (QED) is 0.381. The summed E-state index contributed by atoms with van der Waals surface area (Å²) in [5.74, 6) is 0.0710. The normalized spacial score (nSPS) is 12.8. The van der Waals surface area contributed by atoms with E-state index in [1.165, 1.54) is 6.07 Å². The van der Waals surface area contributed by atoms with Gasteiger partial charge in [0.15, 0.2) is 0 Å². The van der Waals surface area contributed by atoms with E-state index >= 15 is 0 Å². The molecule has 0 aliphatic carbocycles. The average molecular weight is 277 g/mol. The zero-order chi connectivity index (χ0) is 13.2. The van der Waals surface area contributed by atoms with Crippen molar-refractivity contribution >= 4 is 33.2 Å². The molecule has 0 unspecified atom stereocenters. The molecular formula is C10H13ClN2O3S. The van der Waals surface area contributed by atoms with Gasteiger partial charge in [-0.25, -0.2) is 4.99 Å². The number of aryl methyl sites for hydroxylation is 2. The highest BCUT2D eigenvalue weighted by atomic mass is 35.5. The maximum absolute atomic E-state index is 11.2. The first-order valence-electron chi connectivity index (χ1n) is 4.73. The maximum Gasteiger partial charge on any atom is 0.296 e. The van der Waals surface area contributed by atoms with Gasteiger partial charge in [-0.1, -0.05) is 6.07 Å². The Balaban J connectivity index is 3.58. The van der Waals surface area contributed by atoms with Gasteiger partial charge in [0, 0.05) is 0 Å². The lowest BCUT2D eigenvalue weighted by molar-refractivity contribution is 0.483. The molecular weight excluding hydrogens is 264 g/mol. The lowest BCUT2D eigenvalue weighted by Crippen LogP contribution is -2.13. The molecule has 0 saturated carbocycles. The number of halogens is 1. The number of nitrogens with zero attached hydrogens (tertiary/aromatic N) is 1. The lowest BCUT2D eigenvalue weighted by Gasteiger charge is -2.08. The standard InChI is InChI=1S/C10H13ClN2O3S/c1-6-3-7(2)10(13-9(12)5-11)8(4-6)17(14,15)16/h3-4H,5H2,1-2H3,(H2,12,13)(H,14,15,16). The largest absolute Gasteiger partial charge is 0.386 e. The van der Waals surface area contributed by atoms with Crippen LogP contribution >= 0.6 is 11.6 Å². The van der Waals surface area contributed by atoms with Gasteiger partial charge in [0.2, 0.25) is 0 Å². The van der Waals surface area contributed by atoms with Crippen molar-refractivity contribution in [3.8, 4) is 0 Å². The summed E-state index contributed by atoms with van der Waals surface area (Å²) in [6, 6.07) is 3.08. The highest BCUT2D eigenvalue weighted by molar-refractivity contribution is 7.86. The molecule has 0 aliphatic heterocycles. The molecule has 0 amide bonds. The van der Waals surface area contributed by atoms with Crippen LogP contribution in [0.15, 0.2) is 22.0 Å². The van der Waals surface area contributed by atoms with Gasteiger partial charge >= 0.3 is 0 Å². The number of benzene rings is 1. The van der Waals surface area contributed by atoms with Crippen LogP contribution in [0.1, 0.15) is 11.1 Å². The molecule has 0 saturated heterocycles. The van der Waals surface area contributed by atoms with E-state index in [0.29, 0.717) is 11.1 Å². The monoisotopic (exact) mass is 276 g/mol. The number of hydrogen-bond acceptors (Lipinski definition) is 3. The van der Waals surface area contributed by atoms with Crippen LogP contribution in [0.2, 0.25) is 0 Å². The Bertz CT molecular complexity index is 567. The molecule has 5 nitrogen and oxygen atoms in total. The second-order valence-corrected chi connectivity index (χ2v) is 5.30. The second-order valence-electron chi connectivity index (χ2n) is 3.64. The Labute approximate surface area is 105 Å². The molecule has 1 aromatic carbocycles. The van der Waals surface area contributed by atoms with Gasteiger partial charge in [-0.2, -0.15) is 8.42 Å². The van der Waals surface area contributed by atoms with Gasteiger partial charge in [0.05, 0.1) is 11.6 Å².